The number of amides is 2. The zero-order valence-electron chi connectivity index (χ0n) is 10.5. The van der Waals surface area contributed by atoms with Crippen LogP contribution in [0.5, 0.6) is 0 Å². The van der Waals surface area contributed by atoms with Crippen molar-refractivity contribution in [3.8, 4) is 0 Å². The van der Waals surface area contributed by atoms with Gasteiger partial charge in [-0.3, -0.25) is 0 Å². The highest BCUT2D eigenvalue weighted by atomic mass is 16.4. The zero-order chi connectivity index (χ0) is 13.5. The number of hydrogen-bond donors (Lipinski definition) is 2. The SMILES string of the molecule is CCCN(C)C(=O)NCCn1cc(C(=O)O)nn1. The third-order valence-corrected chi connectivity index (χ3v) is 2.28. The summed E-state index contributed by atoms with van der Waals surface area (Å²) < 4.78 is 1.38. The zero-order valence-corrected chi connectivity index (χ0v) is 10.5. The largest absolute Gasteiger partial charge is 0.476 e. The van der Waals surface area contributed by atoms with Crippen molar-refractivity contribution in [1.29, 1.82) is 0 Å². The van der Waals surface area contributed by atoms with Crippen LogP contribution in [-0.4, -0.2) is 57.1 Å². The summed E-state index contributed by atoms with van der Waals surface area (Å²) in [4.78, 5) is 23.7. The summed E-state index contributed by atoms with van der Waals surface area (Å²) in [6, 6.07) is -0.157. The molecule has 0 aliphatic rings. The first-order chi connectivity index (χ1) is 8.54. The van der Waals surface area contributed by atoms with Gasteiger partial charge in [-0.2, -0.15) is 0 Å². The molecular weight excluding hydrogens is 238 g/mol. The maximum absolute atomic E-state index is 11.5. The van der Waals surface area contributed by atoms with E-state index < -0.39 is 5.97 Å². The first kappa shape index (κ1) is 13.9. The first-order valence-electron chi connectivity index (χ1n) is 5.67. The van der Waals surface area contributed by atoms with Crippen LogP contribution in [0.25, 0.3) is 0 Å². The lowest BCUT2D eigenvalue weighted by molar-refractivity contribution is 0.0690. The number of carboxylic acids is 1. The fraction of sp³-hybridized carbons (Fsp3) is 0.600. The first-order valence-corrected chi connectivity index (χ1v) is 5.67. The standard InChI is InChI=1S/C10H17N5O3/c1-3-5-14(2)10(18)11-4-6-15-7-8(9(16)17)12-13-15/h7H,3-6H2,1-2H3,(H,11,18)(H,16,17). The van der Waals surface area contributed by atoms with Gasteiger partial charge in [-0.1, -0.05) is 12.1 Å². The molecule has 0 spiro atoms. The number of aromatic carboxylic acids is 1. The fourth-order valence-electron chi connectivity index (χ4n) is 1.35. The molecule has 2 N–H and O–H groups in total. The Bertz CT molecular complexity index is 417. The molecule has 0 atom stereocenters. The van der Waals surface area contributed by atoms with Gasteiger partial charge in [0.1, 0.15) is 0 Å². The Hall–Kier alpha value is -2.12. The molecule has 2 amide bonds. The van der Waals surface area contributed by atoms with Gasteiger partial charge in [-0.15, -0.1) is 5.10 Å². The maximum Gasteiger partial charge on any atom is 0.358 e. The molecule has 0 saturated carbocycles. The van der Waals surface area contributed by atoms with E-state index >= 15 is 0 Å². The van der Waals surface area contributed by atoms with Crippen LogP contribution in [0.3, 0.4) is 0 Å². The van der Waals surface area contributed by atoms with E-state index in [1.54, 1.807) is 11.9 Å². The number of aromatic nitrogens is 3. The number of rotatable bonds is 6. The van der Waals surface area contributed by atoms with E-state index in [2.05, 4.69) is 15.6 Å². The highest BCUT2D eigenvalue weighted by Crippen LogP contribution is 1.92. The summed E-state index contributed by atoms with van der Waals surface area (Å²) >= 11 is 0. The van der Waals surface area contributed by atoms with Gasteiger partial charge < -0.3 is 15.3 Å². The molecule has 100 valence electrons. The van der Waals surface area contributed by atoms with Crippen molar-refractivity contribution in [3.05, 3.63) is 11.9 Å². The molecule has 8 nitrogen and oxygen atoms in total. The average molecular weight is 255 g/mol. The minimum absolute atomic E-state index is 0.107. The number of nitrogens with one attached hydrogen (secondary N) is 1. The molecule has 0 fully saturated rings. The van der Waals surface area contributed by atoms with Crippen LogP contribution < -0.4 is 5.32 Å². The number of carbonyl (C=O) groups is 2. The molecule has 1 aromatic rings. The predicted molar refractivity (Wildman–Crippen MR) is 63.3 cm³/mol. The van der Waals surface area contributed by atoms with Crippen molar-refractivity contribution in [1.82, 2.24) is 25.2 Å². The van der Waals surface area contributed by atoms with Gasteiger partial charge in [-0.05, 0) is 6.42 Å². The molecule has 0 bridgehead atoms. The summed E-state index contributed by atoms with van der Waals surface area (Å²) in [6.45, 7) is 3.44. The summed E-state index contributed by atoms with van der Waals surface area (Å²) in [5, 5.41) is 18.5. The van der Waals surface area contributed by atoms with Crippen molar-refractivity contribution in [2.75, 3.05) is 20.1 Å². The summed E-state index contributed by atoms with van der Waals surface area (Å²) in [5.74, 6) is -1.12. The van der Waals surface area contributed by atoms with E-state index in [9.17, 15) is 9.59 Å². The highest BCUT2D eigenvalue weighted by Gasteiger charge is 2.09. The van der Waals surface area contributed by atoms with E-state index in [-0.39, 0.29) is 11.7 Å². The summed E-state index contributed by atoms with van der Waals surface area (Å²) in [7, 11) is 1.72. The fourth-order valence-corrected chi connectivity index (χ4v) is 1.35. The molecule has 0 aliphatic heterocycles. The van der Waals surface area contributed by atoms with E-state index in [0.717, 1.165) is 6.42 Å². The van der Waals surface area contributed by atoms with Crippen LogP contribution in [0.1, 0.15) is 23.8 Å². The van der Waals surface area contributed by atoms with Gasteiger partial charge in [0, 0.05) is 20.1 Å². The smallest absolute Gasteiger partial charge is 0.358 e. The van der Waals surface area contributed by atoms with Crippen LogP contribution in [0.4, 0.5) is 4.79 Å². The van der Waals surface area contributed by atoms with Crippen LogP contribution >= 0.6 is 0 Å². The second-order valence-corrected chi connectivity index (χ2v) is 3.83. The minimum Gasteiger partial charge on any atom is -0.476 e. The van der Waals surface area contributed by atoms with Gasteiger partial charge in [0.25, 0.3) is 0 Å². The number of nitrogens with zero attached hydrogens (tertiary/aromatic N) is 4. The number of carbonyl (C=O) groups excluding carboxylic acids is 1. The molecular formula is C10H17N5O3. The van der Waals surface area contributed by atoms with Crippen molar-refractivity contribution in [2.24, 2.45) is 0 Å². The molecule has 1 rings (SSSR count). The Balaban J connectivity index is 2.32. The van der Waals surface area contributed by atoms with Gasteiger partial charge in [-0.25, -0.2) is 14.3 Å². The number of urea groups is 1. The number of hydrogen-bond acceptors (Lipinski definition) is 4. The number of carboxylic acid groups (broad SMARTS) is 1. The summed E-state index contributed by atoms with van der Waals surface area (Å²) in [5.41, 5.74) is -0.107. The lowest BCUT2D eigenvalue weighted by atomic mass is 10.4. The second-order valence-electron chi connectivity index (χ2n) is 3.83. The Morgan fingerprint density at radius 3 is 2.83 bits per heavy atom. The van der Waals surface area contributed by atoms with Crippen molar-refractivity contribution >= 4 is 12.0 Å². The van der Waals surface area contributed by atoms with Crippen molar-refractivity contribution < 1.29 is 14.7 Å². The lowest BCUT2D eigenvalue weighted by Crippen LogP contribution is -2.39. The Labute approximate surface area is 105 Å². The third-order valence-electron chi connectivity index (χ3n) is 2.28. The van der Waals surface area contributed by atoms with Crippen LogP contribution in [0, 0.1) is 0 Å². The molecule has 0 aliphatic carbocycles. The molecule has 8 heteroatoms. The van der Waals surface area contributed by atoms with Crippen molar-refractivity contribution in [3.63, 3.8) is 0 Å². The molecule has 0 radical (unpaired) electrons. The molecule has 0 aromatic carbocycles. The van der Waals surface area contributed by atoms with Crippen LogP contribution in [0.2, 0.25) is 0 Å². The summed E-state index contributed by atoms with van der Waals surface area (Å²) in [6.07, 6.45) is 2.22. The Kier molecular flexibility index (Phi) is 5.09. The topological polar surface area (TPSA) is 100 Å². The Morgan fingerprint density at radius 2 is 2.28 bits per heavy atom. The van der Waals surface area contributed by atoms with E-state index in [1.807, 2.05) is 6.92 Å². The van der Waals surface area contributed by atoms with E-state index in [4.69, 9.17) is 5.11 Å². The van der Waals surface area contributed by atoms with Crippen LogP contribution in [-0.2, 0) is 6.54 Å². The molecule has 0 unspecified atom stereocenters. The highest BCUT2D eigenvalue weighted by molar-refractivity contribution is 5.84. The van der Waals surface area contributed by atoms with Gasteiger partial charge in [0.05, 0.1) is 12.7 Å². The van der Waals surface area contributed by atoms with Crippen molar-refractivity contribution in [2.45, 2.75) is 19.9 Å². The lowest BCUT2D eigenvalue weighted by Gasteiger charge is -2.16. The molecule has 1 heterocycles. The molecule has 1 aromatic heterocycles. The van der Waals surface area contributed by atoms with Gasteiger partial charge in [0.15, 0.2) is 5.69 Å². The molecule has 0 saturated heterocycles. The molecule has 18 heavy (non-hydrogen) atoms. The van der Waals surface area contributed by atoms with Gasteiger partial charge in [0.2, 0.25) is 0 Å². The van der Waals surface area contributed by atoms with E-state index in [1.165, 1.54) is 10.9 Å². The average Bonchev–Trinajstić information content (AvgIpc) is 2.78. The predicted octanol–water partition coefficient (Wildman–Crippen LogP) is 0.0277. The van der Waals surface area contributed by atoms with E-state index in [0.29, 0.717) is 19.6 Å². The monoisotopic (exact) mass is 255 g/mol. The van der Waals surface area contributed by atoms with Crippen LogP contribution in [0.15, 0.2) is 6.20 Å². The normalized spacial score (nSPS) is 10.1. The quantitative estimate of drug-likeness (QED) is 0.746. The van der Waals surface area contributed by atoms with Gasteiger partial charge >= 0.3 is 12.0 Å². The minimum atomic E-state index is -1.12. The third kappa shape index (κ3) is 4.04. The second kappa shape index (κ2) is 6.58. The Morgan fingerprint density at radius 1 is 1.56 bits per heavy atom. The maximum atomic E-state index is 11.5.